The zero-order chi connectivity index (χ0) is 10.7. The molecular formula is C9H16O5. The number of aliphatic hydroxyl groups excluding tert-OH is 3. The molecule has 0 bridgehead atoms. The molecule has 0 amide bonds. The Labute approximate surface area is 82.3 Å². The van der Waals surface area contributed by atoms with Crippen molar-refractivity contribution in [3.8, 4) is 0 Å². The molecule has 0 saturated heterocycles. The standard InChI is InChI=1S/C9H16O5/c1-5-7(11)2-6(3-8(5)12)9(13)14-4-10/h5-8,10-12H,2-4H2,1H3. The Morgan fingerprint density at radius 2 is 1.86 bits per heavy atom. The van der Waals surface area contributed by atoms with Gasteiger partial charge in [0.05, 0.1) is 18.1 Å². The molecule has 0 aromatic rings. The van der Waals surface area contributed by atoms with E-state index in [-0.39, 0.29) is 18.8 Å². The van der Waals surface area contributed by atoms with Crippen molar-refractivity contribution in [3.05, 3.63) is 0 Å². The lowest BCUT2D eigenvalue weighted by molar-refractivity contribution is -0.163. The maximum atomic E-state index is 11.2. The van der Waals surface area contributed by atoms with Crippen molar-refractivity contribution in [2.45, 2.75) is 32.0 Å². The molecule has 0 aromatic carbocycles. The van der Waals surface area contributed by atoms with Crippen LogP contribution in [0.15, 0.2) is 0 Å². The molecule has 5 heteroatoms. The summed E-state index contributed by atoms with van der Waals surface area (Å²) in [6.07, 6.45) is -0.793. The van der Waals surface area contributed by atoms with Crippen molar-refractivity contribution < 1.29 is 24.9 Å². The smallest absolute Gasteiger partial charge is 0.311 e. The first-order chi connectivity index (χ1) is 6.56. The maximum absolute atomic E-state index is 11.2. The van der Waals surface area contributed by atoms with Gasteiger partial charge in [-0.25, -0.2) is 0 Å². The second-order valence-electron chi connectivity index (χ2n) is 3.75. The minimum absolute atomic E-state index is 0.215. The Balaban J connectivity index is 2.53. The summed E-state index contributed by atoms with van der Waals surface area (Å²) < 4.78 is 4.41. The molecule has 0 radical (unpaired) electrons. The molecule has 2 unspecified atom stereocenters. The van der Waals surface area contributed by atoms with Crippen LogP contribution in [0.3, 0.4) is 0 Å². The highest BCUT2D eigenvalue weighted by Crippen LogP contribution is 2.29. The Hall–Kier alpha value is -0.650. The van der Waals surface area contributed by atoms with Gasteiger partial charge in [-0.15, -0.1) is 0 Å². The summed E-state index contributed by atoms with van der Waals surface area (Å²) in [6.45, 7) is 1.08. The van der Waals surface area contributed by atoms with E-state index in [9.17, 15) is 15.0 Å². The van der Waals surface area contributed by atoms with Gasteiger partial charge in [-0.2, -0.15) is 0 Å². The van der Waals surface area contributed by atoms with E-state index in [1.165, 1.54) is 0 Å². The highest BCUT2D eigenvalue weighted by Gasteiger charge is 2.36. The predicted molar refractivity (Wildman–Crippen MR) is 47.1 cm³/mol. The fourth-order valence-corrected chi connectivity index (χ4v) is 1.74. The molecule has 0 heterocycles. The Bertz CT molecular complexity index is 193. The number of esters is 1. The van der Waals surface area contributed by atoms with E-state index in [4.69, 9.17) is 5.11 Å². The number of carbonyl (C=O) groups excluding carboxylic acids is 1. The van der Waals surface area contributed by atoms with Gasteiger partial charge in [0.15, 0.2) is 6.79 Å². The third-order valence-corrected chi connectivity index (χ3v) is 2.81. The van der Waals surface area contributed by atoms with Gasteiger partial charge >= 0.3 is 5.97 Å². The van der Waals surface area contributed by atoms with Crippen molar-refractivity contribution >= 4 is 5.97 Å². The van der Waals surface area contributed by atoms with Gasteiger partial charge in [-0.3, -0.25) is 4.79 Å². The second-order valence-corrected chi connectivity index (χ2v) is 3.75. The highest BCUT2D eigenvalue weighted by molar-refractivity contribution is 5.72. The largest absolute Gasteiger partial charge is 0.438 e. The molecule has 0 spiro atoms. The molecule has 2 atom stereocenters. The van der Waals surface area contributed by atoms with Gasteiger partial charge in [0.25, 0.3) is 0 Å². The van der Waals surface area contributed by atoms with Crippen molar-refractivity contribution in [1.29, 1.82) is 0 Å². The Kier molecular flexibility index (Phi) is 3.86. The summed E-state index contributed by atoms with van der Waals surface area (Å²) in [5.41, 5.74) is 0. The lowest BCUT2D eigenvalue weighted by atomic mass is 9.79. The number of ether oxygens (including phenoxy) is 1. The second kappa shape index (κ2) is 4.72. The quantitative estimate of drug-likeness (QED) is 0.407. The first kappa shape index (κ1) is 11.4. The fourth-order valence-electron chi connectivity index (χ4n) is 1.74. The summed E-state index contributed by atoms with van der Waals surface area (Å²) in [6, 6.07) is 0. The molecule has 1 aliphatic carbocycles. The van der Waals surface area contributed by atoms with Crippen LogP contribution in [-0.4, -0.2) is 40.3 Å². The normalized spacial score (nSPS) is 38.0. The number of hydrogen-bond donors (Lipinski definition) is 3. The first-order valence-electron chi connectivity index (χ1n) is 4.70. The molecule has 0 aromatic heterocycles. The average Bonchev–Trinajstić information content (AvgIpc) is 2.13. The molecule has 1 saturated carbocycles. The van der Waals surface area contributed by atoms with Gasteiger partial charge < -0.3 is 20.1 Å². The van der Waals surface area contributed by atoms with Crippen LogP contribution in [-0.2, 0) is 9.53 Å². The van der Waals surface area contributed by atoms with Crippen LogP contribution in [0.5, 0.6) is 0 Å². The third kappa shape index (κ3) is 2.43. The number of hydrogen-bond acceptors (Lipinski definition) is 5. The molecule has 1 fully saturated rings. The van der Waals surface area contributed by atoms with E-state index in [0.29, 0.717) is 0 Å². The van der Waals surface area contributed by atoms with Crippen molar-refractivity contribution in [1.82, 2.24) is 0 Å². The van der Waals surface area contributed by atoms with Crippen molar-refractivity contribution in [2.75, 3.05) is 6.79 Å². The summed E-state index contributed by atoms with van der Waals surface area (Å²) >= 11 is 0. The third-order valence-electron chi connectivity index (χ3n) is 2.81. The van der Waals surface area contributed by atoms with E-state index >= 15 is 0 Å². The van der Waals surface area contributed by atoms with Crippen LogP contribution in [0.1, 0.15) is 19.8 Å². The van der Waals surface area contributed by atoms with E-state index in [2.05, 4.69) is 4.74 Å². The van der Waals surface area contributed by atoms with Crippen LogP contribution in [0.4, 0.5) is 0 Å². The minimum atomic E-state index is -0.685. The highest BCUT2D eigenvalue weighted by atomic mass is 16.6. The average molecular weight is 204 g/mol. The van der Waals surface area contributed by atoms with Gasteiger partial charge in [0.1, 0.15) is 0 Å². The predicted octanol–water partition coefficient (Wildman–Crippen LogP) is -0.753. The zero-order valence-corrected chi connectivity index (χ0v) is 8.09. The Morgan fingerprint density at radius 1 is 1.36 bits per heavy atom. The SMILES string of the molecule is CC1C(O)CC(C(=O)OCO)CC1O. The van der Waals surface area contributed by atoms with Crippen LogP contribution < -0.4 is 0 Å². The first-order valence-corrected chi connectivity index (χ1v) is 4.70. The summed E-state index contributed by atoms with van der Waals surface area (Å²) in [5, 5.41) is 27.4. The summed E-state index contributed by atoms with van der Waals surface area (Å²) in [5.74, 6) is -1.28. The van der Waals surface area contributed by atoms with Crippen LogP contribution in [0, 0.1) is 11.8 Å². The maximum Gasteiger partial charge on any atom is 0.311 e. The lowest BCUT2D eigenvalue weighted by Gasteiger charge is -2.33. The fraction of sp³-hybridized carbons (Fsp3) is 0.889. The molecule has 0 aliphatic heterocycles. The molecule has 3 N–H and O–H groups in total. The monoisotopic (exact) mass is 204 g/mol. The van der Waals surface area contributed by atoms with E-state index in [0.717, 1.165) is 0 Å². The summed E-state index contributed by atoms with van der Waals surface area (Å²) in [4.78, 5) is 11.2. The van der Waals surface area contributed by atoms with Gasteiger partial charge in [-0.1, -0.05) is 6.92 Å². The van der Waals surface area contributed by atoms with Crippen molar-refractivity contribution in [3.63, 3.8) is 0 Å². The van der Waals surface area contributed by atoms with E-state index in [1.807, 2.05) is 0 Å². The van der Waals surface area contributed by atoms with Crippen molar-refractivity contribution in [2.24, 2.45) is 11.8 Å². The van der Waals surface area contributed by atoms with Crippen LogP contribution >= 0.6 is 0 Å². The Morgan fingerprint density at radius 3 is 2.29 bits per heavy atom. The molecule has 82 valence electrons. The van der Waals surface area contributed by atoms with Crippen LogP contribution in [0.2, 0.25) is 0 Å². The minimum Gasteiger partial charge on any atom is -0.438 e. The molecule has 1 aliphatic rings. The van der Waals surface area contributed by atoms with Gasteiger partial charge in [0, 0.05) is 5.92 Å². The number of aliphatic hydroxyl groups is 3. The molecular weight excluding hydrogens is 188 g/mol. The molecule has 5 nitrogen and oxygen atoms in total. The lowest BCUT2D eigenvalue weighted by Crippen LogP contribution is -2.41. The van der Waals surface area contributed by atoms with E-state index in [1.54, 1.807) is 6.92 Å². The molecule has 1 rings (SSSR count). The van der Waals surface area contributed by atoms with Gasteiger partial charge in [-0.05, 0) is 12.8 Å². The number of rotatable bonds is 2. The van der Waals surface area contributed by atoms with Gasteiger partial charge in [0.2, 0.25) is 0 Å². The van der Waals surface area contributed by atoms with Crippen LogP contribution in [0.25, 0.3) is 0 Å². The molecule has 14 heavy (non-hydrogen) atoms. The summed E-state index contributed by atoms with van der Waals surface area (Å²) in [7, 11) is 0. The van der Waals surface area contributed by atoms with E-state index < -0.39 is 30.9 Å². The topological polar surface area (TPSA) is 87.0 Å². The number of carbonyl (C=O) groups is 1. The zero-order valence-electron chi connectivity index (χ0n) is 8.09.